The summed E-state index contributed by atoms with van der Waals surface area (Å²) >= 11 is 0. The Hall–Kier alpha value is -2.27. The van der Waals surface area contributed by atoms with Crippen LogP contribution in [-0.2, 0) is 4.79 Å². The third-order valence-corrected chi connectivity index (χ3v) is 2.45. The Labute approximate surface area is 94.1 Å². The van der Waals surface area contributed by atoms with Gasteiger partial charge in [0.1, 0.15) is 0 Å². The maximum atomic E-state index is 10.7. The summed E-state index contributed by atoms with van der Waals surface area (Å²) < 4.78 is 0. The number of amides is 1. The minimum Gasteiger partial charge on any atom is -0.359 e. The van der Waals surface area contributed by atoms with Crippen LogP contribution in [-0.4, -0.2) is 5.91 Å². The fourth-order valence-corrected chi connectivity index (χ4v) is 1.67. The van der Waals surface area contributed by atoms with E-state index in [1.165, 1.54) is 0 Å². The highest BCUT2D eigenvalue weighted by Crippen LogP contribution is 2.20. The molecule has 2 aromatic carbocycles. The summed E-state index contributed by atoms with van der Waals surface area (Å²) in [5, 5.41) is 2.16. The van der Waals surface area contributed by atoms with E-state index in [1.807, 2.05) is 43.3 Å². The molecule has 0 atom stereocenters. The molecule has 1 amide bonds. The van der Waals surface area contributed by atoms with E-state index in [-0.39, 0.29) is 0 Å². The van der Waals surface area contributed by atoms with Gasteiger partial charge in [-0.05, 0) is 23.3 Å². The average Bonchev–Trinajstić information content (AvgIpc) is 2.27. The van der Waals surface area contributed by atoms with E-state index in [4.69, 9.17) is 5.73 Å². The van der Waals surface area contributed by atoms with Crippen LogP contribution in [0.2, 0.25) is 0 Å². The fraction of sp³-hybridized carbons (Fsp3) is 0.0714. The van der Waals surface area contributed by atoms with Crippen molar-refractivity contribution >= 4 is 16.7 Å². The number of carbonyl (C=O) groups excluding carboxylic acids is 1. The Kier molecular flexibility index (Phi) is 2.61. The van der Waals surface area contributed by atoms with Crippen molar-refractivity contribution in [1.82, 2.24) is 0 Å². The summed E-state index contributed by atoms with van der Waals surface area (Å²) in [4.78, 5) is 10.7. The number of aryl methyl sites for hydroxylation is 1. The van der Waals surface area contributed by atoms with Crippen LogP contribution in [0.3, 0.4) is 0 Å². The summed E-state index contributed by atoms with van der Waals surface area (Å²) in [5.41, 5.74) is 6.94. The van der Waals surface area contributed by atoms with Gasteiger partial charge in [-0.2, -0.15) is 0 Å². The van der Waals surface area contributed by atoms with Gasteiger partial charge in [-0.1, -0.05) is 42.3 Å². The first kappa shape index (κ1) is 10.3. The van der Waals surface area contributed by atoms with E-state index in [9.17, 15) is 4.79 Å². The summed E-state index contributed by atoms with van der Waals surface area (Å²) in [6.45, 7) is 1.97. The van der Waals surface area contributed by atoms with Crippen molar-refractivity contribution in [3.8, 4) is 11.8 Å². The van der Waals surface area contributed by atoms with E-state index in [2.05, 4.69) is 11.8 Å². The zero-order valence-electron chi connectivity index (χ0n) is 8.95. The van der Waals surface area contributed by atoms with Gasteiger partial charge in [0.2, 0.25) is 0 Å². The normalized spacial score (nSPS) is 9.56. The molecule has 2 nitrogen and oxygen atoms in total. The van der Waals surface area contributed by atoms with Crippen LogP contribution in [0.4, 0.5) is 0 Å². The second-order valence-electron chi connectivity index (χ2n) is 3.59. The molecule has 2 rings (SSSR count). The van der Waals surface area contributed by atoms with Crippen molar-refractivity contribution in [2.24, 2.45) is 5.73 Å². The number of benzene rings is 2. The van der Waals surface area contributed by atoms with Crippen molar-refractivity contribution in [2.45, 2.75) is 6.92 Å². The number of fused-ring (bicyclic) bond motifs is 1. The first-order valence-corrected chi connectivity index (χ1v) is 4.98. The maximum absolute atomic E-state index is 10.7. The molecule has 2 aromatic rings. The molecular weight excluding hydrogens is 198 g/mol. The predicted molar refractivity (Wildman–Crippen MR) is 64.8 cm³/mol. The first-order valence-electron chi connectivity index (χ1n) is 4.98. The van der Waals surface area contributed by atoms with Crippen molar-refractivity contribution in [1.29, 1.82) is 0 Å². The molecule has 0 saturated heterocycles. The number of carbonyl (C=O) groups is 1. The fourth-order valence-electron chi connectivity index (χ4n) is 1.67. The standard InChI is InChI=1S/C14H11NO/c1-10-6-7-11-4-2-3-5-13(11)12(10)8-9-14(15)16/h2-7H,1H3,(H2,15,16). The average molecular weight is 209 g/mol. The molecule has 0 saturated carbocycles. The monoisotopic (exact) mass is 209 g/mol. The number of nitrogens with two attached hydrogens (primary N) is 1. The molecule has 0 heterocycles. The topological polar surface area (TPSA) is 43.1 Å². The van der Waals surface area contributed by atoms with Gasteiger partial charge in [0.25, 0.3) is 5.91 Å². The molecule has 0 unspecified atom stereocenters. The molecule has 0 radical (unpaired) electrons. The van der Waals surface area contributed by atoms with Crippen LogP contribution < -0.4 is 5.73 Å². The Morgan fingerprint density at radius 2 is 1.94 bits per heavy atom. The Bertz CT molecular complexity index is 617. The van der Waals surface area contributed by atoms with Crippen molar-refractivity contribution < 1.29 is 4.79 Å². The number of hydrogen-bond acceptors (Lipinski definition) is 1. The van der Waals surface area contributed by atoms with Crippen molar-refractivity contribution in [3.05, 3.63) is 47.5 Å². The van der Waals surface area contributed by atoms with Gasteiger partial charge in [-0.15, -0.1) is 0 Å². The molecule has 16 heavy (non-hydrogen) atoms. The zero-order chi connectivity index (χ0) is 11.5. The highest BCUT2D eigenvalue weighted by molar-refractivity contribution is 5.95. The lowest BCUT2D eigenvalue weighted by atomic mass is 10.0. The van der Waals surface area contributed by atoms with Crippen LogP contribution in [0.5, 0.6) is 0 Å². The molecule has 0 spiro atoms. The lowest BCUT2D eigenvalue weighted by Crippen LogP contribution is -2.06. The largest absolute Gasteiger partial charge is 0.359 e. The van der Waals surface area contributed by atoms with E-state index in [0.717, 1.165) is 21.9 Å². The molecule has 0 bridgehead atoms. The minimum atomic E-state index is -0.604. The smallest absolute Gasteiger partial charge is 0.293 e. The molecule has 0 aliphatic heterocycles. The maximum Gasteiger partial charge on any atom is 0.293 e. The predicted octanol–water partition coefficient (Wildman–Crippen LogP) is 1.99. The second kappa shape index (κ2) is 4.08. The molecule has 0 aliphatic rings. The SMILES string of the molecule is Cc1ccc2ccccc2c1C#CC(N)=O. The van der Waals surface area contributed by atoms with Crippen LogP contribution >= 0.6 is 0 Å². The molecule has 78 valence electrons. The molecule has 2 heteroatoms. The highest BCUT2D eigenvalue weighted by Gasteiger charge is 2.01. The summed E-state index contributed by atoms with van der Waals surface area (Å²) in [7, 11) is 0. The molecule has 0 aliphatic carbocycles. The van der Waals surface area contributed by atoms with Gasteiger partial charge >= 0.3 is 0 Å². The first-order chi connectivity index (χ1) is 7.68. The molecule has 0 fully saturated rings. The van der Waals surface area contributed by atoms with Gasteiger partial charge in [0.05, 0.1) is 0 Å². The number of hydrogen-bond donors (Lipinski definition) is 1. The Morgan fingerprint density at radius 3 is 2.69 bits per heavy atom. The summed E-state index contributed by atoms with van der Waals surface area (Å²) in [6, 6.07) is 12.0. The number of primary amides is 1. The van der Waals surface area contributed by atoms with Gasteiger partial charge in [0, 0.05) is 11.5 Å². The molecular formula is C14H11NO. The minimum absolute atomic E-state index is 0.604. The molecule has 2 N–H and O–H groups in total. The highest BCUT2D eigenvalue weighted by atomic mass is 16.1. The zero-order valence-corrected chi connectivity index (χ0v) is 8.95. The van der Waals surface area contributed by atoms with Crippen LogP contribution in [0.25, 0.3) is 10.8 Å². The van der Waals surface area contributed by atoms with Gasteiger partial charge < -0.3 is 5.73 Å². The van der Waals surface area contributed by atoms with E-state index >= 15 is 0 Å². The molecule has 0 aromatic heterocycles. The summed E-state index contributed by atoms with van der Waals surface area (Å²) in [5.74, 6) is 4.61. The summed E-state index contributed by atoms with van der Waals surface area (Å²) in [6.07, 6.45) is 0. The Balaban J connectivity index is 2.72. The van der Waals surface area contributed by atoms with Gasteiger partial charge in [-0.25, -0.2) is 0 Å². The van der Waals surface area contributed by atoms with Crippen LogP contribution in [0.15, 0.2) is 36.4 Å². The van der Waals surface area contributed by atoms with Crippen molar-refractivity contribution in [2.75, 3.05) is 0 Å². The number of rotatable bonds is 0. The quantitative estimate of drug-likeness (QED) is 0.662. The van der Waals surface area contributed by atoms with Gasteiger partial charge in [-0.3, -0.25) is 4.79 Å². The van der Waals surface area contributed by atoms with E-state index < -0.39 is 5.91 Å². The Morgan fingerprint density at radius 1 is 1.19 bits per heavy atom. The third kappa shape index (κ3) is 1.89. The lowest BCUT2D eigenvalue weighted by molar-refractivity contribution is -0.112. The van der Waals surface area contributed by atoms with Crippen LogP contribution in [0.1, 0.15) is 11.1 Å². The van der Waals surface area contributed by atoms with Gasteiger partial charge in [0.15, 0.2) is 0 Å². The van der Waals surface area contributed by atoms with Crippen LogP contribution in [0, 0.1) is 18.8 Å². The third-order valence-electron chi connectivity index (χ3n) is 2.45. The lowest BCUT2D eigenvalue weighted by Gasteiger charge is -2.03. The second-order valence-corrected chi connectivity index (χ2v) is 3.59. The van der Waals surface area contributed by atoms with Crippen molar-refractivity contribution in [3.63, 3.8) is 0 Å². The van der Waals surface area contributed by atoms with E-state index in [1.54, 1.807) is 0 Å². The van der Waals surface area contributed by atoms with E-state index in [0.29, 0.717) is 0 Å².